The Morgan fingerprint density at radius 3 is 2.71 bits per heavy atom. The van der Waals surface area contributed by atoms with Crippen molar-refractivity contribution in [2.24, 2.45) is 11.1 Å². The Morgan fingerprint density at radius 2 is 2.06 bits per heavy atom. The second-order valence-electron chi connectivity index (χ2n) is 5.43. The number of methoxy groups -OCH3 is 1. The first-order chi connectivity index (χ1) is 8.15. The molecule has 1 heterocycles. The summed E-state index contributed by atoms with van der Waals surface area (Å²) < 4.78 is 10.8. The van der Waals surface area contributed by atoms with Gasteiger partial charge in [0.05, 0.1) is 6.04 Å². The summed E-state index contributed by atoms with van der Waals surface area (Å²) >= 11 is 0. The van der Waals surface area contributed by atoms with Gasteiger partial charge in [-0.2, -0.15) is 0 Å². The molecule has 96 valence electrons. The predicted octanol–water partition coefficient (Wildman–Crippen LogP) is 3.40. The van der Waals surface area contributed by atoms with Gasteiger partial charge in [0, 0.05) is 7.11 Å². The molecule has 2 rings (SSSR count). The van der Waals surface area contributed by atoms with E-state index < -0.39 is 0 Å². The Balaban J connectivity index is 2.09. The van der Waals surface area contributed by atoms with Crippen molar-refractivity contribution in [3.63, 3.8) is 0 Å². The van der Waals surface area contributed by atoms with E-state index in [-0.39, 0.29) is 11.5 Å². The molecular formula is C14H23NO2. The monoisotopic (exact) mass is 237 g/mol. The Morgan fingerprint density at radius 1 is 1.35 bits per heavy atom. The molecule has 1 fully saturated rings. The Labute approximate surface area is 103 Å². The van der Waals surface area contributed by atoms with Crippen LogP contribution in [0.4, 0.5) is 0 Å². The maximum Gasteiger partial charge on any atom is 0.129 e. The van der Waals surface area contributed by atoms with Crippen molar-refractivity contribution in [2.45, 2.75) is 51.7 Å². The molecule has 0 bridgehead atoms. The average molecular weight is 237 g/mol. The Hall–Kier alpha value is -0.800. The van der Waals surface area contributed by atoms with Gasteiger partial charge in [-0.3, -0.25) is 0 Å². The van der Waals surface area contributed by atoms with Crippen LogP contribution in [0, 0.1) is 5.41 Å². The molecule has 1 saturated carbocycles. The number of hydrogen-bond acceptors (Lipinski definition) is 3. The molecule has 1 unspecified atom stereocenters. The van der Waals surface area contributed by atoms with Gasteiger partial charge in [-0.15, -0.1) is 0 Å². The van der Waals surface area contributed by atoms with E-state index in [0.29, 0.717) is 6.61 Å². The van der Waals surface area contributed by atoms with E-state index in [1.807, 2.05) is 12.1 Å². The minimum absolute atomic E-state index is 0.00778. The number of nitrogens with two attached hydrogens (primary N) is 1. The zero-order valence-electron chi connectivity index (χ0n) is 10.9. The molecule has 1 aliphatic rings. The fourth-order valence-electron chi connectivity index (χ4n) is 2.80. The highest BCUT2D eigenvalue weighted by molar-refractivity contribution is 5.13. The van der Waals surface area contributed by atoms with Gasteiger partial charge < -0.3 is 14.9 Å². The predicted molar refractivity (Wildman–Crippen MR) is 67.5 cm³/mol. The fraction of sp³-hybridized carbons (Fsp3) is 0.714. The third-order valence-corrected chi connectivity index (χ3v) is 4.02. The third kappa shape index (κ3) is 2.72. The van der Waals surface area contributed by atoms with Gasteiger partial charge in [-0.25, -0.2) is 0 Å². The van der Waals surface area contributed by atoms with Gasteiger partial charge in [-0.1, -0.05) is 26.2 Å². The van der Waals surface area contributed by atoms with E-state index in [1.54, 1.807) is 7.11 Å². The quantitative estimate of drug-likeness (QED) is 0.873. The van der Waals surface area contributed by atoms with E-state index in [0.717, 1.165) is 11.5 Å². The van der Waals surface area contributed by atoms with Crippen LogP contribution in [0.1, 0.15) is 56.6 Å². The minimum Gasteiger partial charge on any atom is -0.462 e. The summed E-state index contributed by atoms with van der Waals surface area (Å²) in [6.45, 7) is 2.80. The highest BCUT2D eigenvalue weighted by Gasteiger charge is 2.35. The van der Waals surface area contributed by atoms with Crippen LogP contribution in [0.2, 0.25) is 0 Å². The van der Waals surface area contributed by atoms with Crippen molar-refractivity contribution in [2.75, 3.05) is 7.11 Å². The van der Waals surface area contributed by atoms with Gasteiger partial charge in [0.15, 0.2) is 0 Å². The second kappa shape index (κ2) is 5.23. The first-order valence-electron chi connectivity index (χ1n) is 6.49. The molecule has 0 aromatic carbocycles. The van der Waals surface area contributed by atoms with Gasteiger partial charge in [0.2, 0.25) is 0 Å². The lowest BCUT2D eigenvalue weighted by Crippen LogP contribution is -2.33. The summed E-state index contributed by atoms with van der Waals surface area (Å²) in [5.41, 5.74) is 6.57. The van der Waals surface area contributed by atoms with Crippen molar-refractivity contribution in [1.29, 1.82) is 0 Å². The summed E-state index contributed by atoms with van der Waals surface area (Å²) in [7, 11) is 1.67. The molecule has 1 aromatic heterocycles. The number of hydrogen-bond donors (Lipinski definition) is 1. The lowest BCUT2D eigenvalue weighted by molar-refractivity contribution is 0.139. The topological polar surface area (TPSA) is 48.4 Å². The summed E-state index contributed by atoms with van der Waals surface area (Å²) in [6, 6.07) is 3.97. The van der Waals surface area contributed by atoms with Crippen molar-refractivity contribution >= 4 is 0 Å². The summed E-state index contributed by atoms with van der Waals surface area (Å²) in [4.78, 5) is 0. The smallest absolute Gasteiger partial charge is 0.129 e. The molecule has 17 heavy (non-hydrogen) atoms. The normalized spacial score (nSPS) is 21.4. The molecule has 1 atom stereocenters. The summed E-state index contributed by atoms with van der Waals surface area (Å²) in [5, 5.41) is 0. The molecular weight excluding hydrogens is 214 g/mol. The molecule has 1 aromatic rings. The zero-order valence-corrected chi connectivity index (χ0v) is 10.9. The van der Waals surface area contributed by atoms with Crippen molar-refractivity contribution in [3.8, 4) is 0 Å². The van der Waals surface area contributed by atoms with Crippen LogP contribution in [0.15, 0.2) is 16.5 Å². The molecule has 2 N–H and O–H groups in total. The lowest BCUT2D eigenvalue weighted by atomic mass is 9.70. The minimum atomic E-state index is 0.00778. The highest BCUT2D eigenvalue weighted by atomic mass is 16.5. The van der Waals surface area contributed by atoms with Crippen LogP contribution in [0.3, 0.4) is 0 Å². The van der Waals surface area contributed by atoms with Gasteiger partial charge in [-0.05, 0) is 30.4 Å². The second-order valence-corrected chi connectivity index (χ2v) is 5.43. The maximum absolute atomic E-state index is 6.38. The Kier molecular flexibility index (Phi) is 3.89. The molecule has 0 amide bonds. The first-order valence-corrected chi connectivity index (χ1v) is 6.49. The van der Waals surface area contributed by atoms with E-state index in [2.05, 4.69) is 6.92 Å². The molecule has 0 radical (unpaired) electrons. The van der Waals surface area contributed by atoms with Gasteiger partial charge >= 0.3 is 0 Å². The summed E-state index contributed by atoms with van der Waals surface area (Å²) in [5.74, 6) is 1.76. The van der Waals surface area contributed by atoms with Crippen LogP contribution in [0.25, 0.3) is 0 Å². The number of ether oxygens (including phenoxy) is 1. The Bertz CT molecular complexity index is 353. The van der Waals surface area contributed by atoms with Crippen LogP contribution >= 0.6 is 0 Å². The molecule has 0 spiro atoms. The number of rotatable bonds is 4. The lowest BCUT2D eigenvalue weighted by Gasteiger charge is -2.37. The molecule has 3 nitrogen and oxygen atoms in total. The molecule has 0 saturated heterocycles. The first kappa shape index (κ1) is 12.7. The van der Waals surface area contributed by atoms with Crippen molar-refractivity contribution in [3.05, 3.63) is 23.7 Å². The maximum atomic E-state index is 6.38. The van der Waals surface area contributed by atoms with E-state index in [9.17, 15) is 0 Å². The van der Waals surface area contributed by atoms with Crippen LogP contribution in [-0.4, -0.2) is 7.11 Å². The third-order valence-electron chi connectivity index (χ3n) is 4.02. The summed E-state index contributed by atoms with van der Waals surface area (Å²) in [6.07, 6.45) is 6.32. The van der Waals surface area contributed by atoms with Crippen LogP contribution in [-0.2, 0) is 11.3 Å². The van der Waals surface area contributed by atoms with Gasteiger partial charge in [0.1, 0.15) is 18.1 Å². The molecule has 0 aliphatic heterocycles. The average Bonchev–Trinajstić information content (AvgIpc) is 2.78. The highest BCUT2D eigenvalue weighted by Crippen LogP contribution is 2.44. The van der Waals surface area contributed by atoms with Crippen LogP contribution < -0.4 is 5.73 Å². The van der Waals surface area contributed by atoms with E-state index in [4.69, 9.17) is 14.9 Å². The van der Waals surface area contributed by atoms with Gasteiger partial charge in [0.25, 0.3) is 0 Å². The fourth-order valence-corrected chi connectivity index (χ4v) is 2.80. The molecule has 1 aliphatic carbocycles. The SMILES string of the molecule is COCc1ccc(C(N)C2(C)CCCCC2)o1. The van der Waals surface area contributed by atoms with Crippen molar-refractivity contribution in [1.82, 2.24) is 0 Å². The number of furan rings is 1. The zero-order chi connectivity index (χ0) is 12.3. The largest absolute Gasteiger partial charge is 0.462 e. The van der Waals surface area contributed by atoms with E-state index >= 15 is 0 Å². The van der Waals surface area contributed by atoms with E-state index in [1.165, 1.54) is 32.1 Å². The standard InChI is InChI=1S/C14H23NO2/c1-14(8-4-3-5-9-14)13(15)12-7-6-11(17-12)10-16-2/h6-7,13H,3-5,8-10,15H2,1-2H3. The van der Waals surface area contributed by atoms with Crippen molar-refractivity contribution < 1.29 is 9.15 Å². The molecule has 3 heteroatoms. The van der Waals surface area contributed by atoms with Crippen LogP contribution in [0.5, 0.6) is 0 Å².